The standard InChI is InChI=1S/C12H24N2O2.ClH/c1-4-11(5-2)14(6-7-16-3)12(15)10-8-13-9-10;/h10-11,13H,4-9H2,1-3H3;1H. The predicted molar refractivity (Wildman–Crippen MR) is 71.6 cm³/mol. The Balaban J connectivity index is 0.00000256. The molecular formula is C12H25ClN2O2. The minimum atomic E-state index is 0. The van der Waals surface area contributed by atoms with Crippen molar-refractivity contribution in [1.82, 2.24) is 10.2 Å². The van der Waals surface area contributed by atoms with Gasteiger partial charge in [-0.25, -0.2) is 0 Å². The molecule has 0 atom stereocenters. The van der Waals surface area contributed by atoms with Gasteiger partial charge in [-0.3, -0.25) is 4.79 Å². The topological polar surface area (TPSA) is 41.6 Å². The smallest absolute Gasteiger partial charge is 0.228 e. The van der Waals surface area contributed by atoms with Gasteiger partial charge < -0.3 is 15.0 Å². The van der Waals surface area contributed by atoms with Gasteiger partial charge in [-0.05, 0) is 12.8 Å². The lowest BCUT2D eigenvalue weighted by Gasteiger charge is -2.36. The third kappa shape index (κ3) is 4.45. The first-order valence-electron chi connectivity index (χ1n) is 6.24. The predicted octanol–water partition coefficient (Wildman–Crippen LogP) is 1.29. The highest BCUT2D eigenvalue weighted by Crippen LogP contribution is 2.15. The first-order chi connectivity index (χ1) is 7.74. The van der Waals surface area contributed by atoms with Crippen LogP contribution in [0.2, 0.25) is 0 Å². The van der Waals surface area contributed by atoms with E-state index in [1.165, 1.54) is 0 Å². The SMILES string of the molecule is CCC(CC)N(CCOC)C(=O)C1CNC1.Cl. The van der Waals surface area contributed by atoms with E-state index in [-0.39, 0.29) is 18.3 Å². The average Bonchev–Trinajstić information content (AvgIpc) is 2.21. The van der Waals surface area contributed by atoms with E-state index >= 15 is 0 Å². The van der Waals surface area contributed by atoms with E-state index in [1.54, 1.807) is 7.11 Å². The molecule has 17 heavy (non-hydrogen) atoms. The lowest BCUT2D eigenvalue weighted by atomic mass is 9.99. The highest BCUT2D eigenvalue weighted by atomic mass is 35.5. The van der Waals surface area contributed by atoms with Gasteiger partial charge in [0.15, 0.2) is 0 Å². The number of nitrogens with zero attached hydrogens (tertiary/aromatic N) is 1. The fourth-order valence-corrected chi connectivity index (χ4v) is 2.09. The Morgan fingerprint density at radius 1 is 1.41 bits per heavy atom. The number of nitrogens with one attached hydrogen (secondary N) is 1. The van der Waals surface area contributed by atoms with E-state index in [0.717, 1.165) is 32.5 Å². The van der Waals surface area contributed by atoms with Crippen molar-refractivity contribution in [3.8, 4) is 0 Å². The molecule has 0 aromatic rings. The van der Waals surface area contributed by atoms with Crippen LogP contribution in [-0.4, -0.2) is 50.2 Å². The molecular weight excluding hydrogens is 240 g/mol. The van der Waals surface area contributed by atoms with E-state index in [1.807, 2.05) is 4.90 Å². The molecule has 0 aromatic heterocycles. The lowest BCUT2D eigenvalue weighted by molar-refractivity contribution is -0.140. The summed E-state index contributed by atoms with van der Waals surface area (Å²) in [5, 5.41) is 3.15. The number of rotatable bonds is 7. The normalized spacial score (nSPS) is 15.3. The quantitative estimate of drug-likeness (QED) is 0.754. The van der Waals surface area contributed by atoms with Crippen LogP contribution in [0, 0.1) is 5.92 Å². The maximum atomic E-state index is 12.2. The molecule has 102 valence electrons. The number of carbonyl (C=O) groups is 1. The first-order valence-corrected chi connectivity index (χ1v) is 6.24. The van der Waals surface area contributed by atoms with Crippen LogP contribution in [0.5, 0.6) is 0 Å². The van der Waals surface area contributed by atoms with Crippen molar-refractivity contribution >= 4 is 18.3 Å². The highest BCUT2D eigenvalue weighted by molar-refractivity contribution is 5.85. The second-order valence-corrected chi connectivity index (χ2v) is 4.35. The summed E-state index contributed by atoms with van der Waals surface area (Å²) in [6.45, 7) is 7.30. The van der Waals surface area contributed by atoms with Gasteiger partial charge in [0.05, 0.1) is 12.5 Å². The van der Waals surface area contributed by atoms with Gasteiger partial charge in [0.1, 0.15) is 0 Å². The molecule has 1 heterocycles. The van der Waals surface area contributed by atoms with E-state index in [0.29, 0.717) is 18.6 Å². The van der Waals surface area contributed by atoms with Crippen molar-refractivity contribution in [1.29, 1.82) is 0 Å². The molecule has 5 heteroatoms. The summed E-state index contributed by atoms with van der Waals surface area (Å²) >= 11 is 0. The third-order valence-corrected chi connectivity index (χ3v) is 3.33. The summed E-state index contributed by atoms with van der Waals surface area (Å²) in [7, 11) is 1.68. The Kier molecular flexibility index (Phi) is 8.56. The largest absolute Gasteiger partial charge is 0.383 e. The van der Waals surface area contributed by atoms with Crippen LogP contribution in [0.3, 0.4) is 0 Å². The molecule has 1 amide bonds. The third-order valence-electron chi connectivity index (χ3n) is 3.33. The summed E-state index contributed by atoms with van der Waals surface area (Å²) in [6.07, 6.45) is 2.04. The lowest BCUT2D eigenvalue weighted by Crippen LogP contribution is -2.54. The van der Waals surface area contributed by atoms with Gasteiger partial charge in [-0.2, -0.15) is 0 Å². The molecule has 0 spiro atoms. The molecule has 1 rings (SSSR count). The van der Waals surface area contributed by atoms with E-state index in [9.17, 15) is 4.79 Å². The molecule has 1 N–H and O–H groups in total. The van der Waals surface area contributed by atoms with E-state index in [4.69, 9.17) is 4.74 Å². The zero-order valence-corrected chi connectivity index (χ0v) is 11.9. The molecule has 1 fully saturated rings. The average molecular weight is 265 g/mol. The molecule has 1 saturated heterocycles. The number of halogens is 1. The Bertz CT molecular complexity index is 219. The maximum absolute atomic E-state index is 12.2. The number of ether oxygens (including phenoxy) is 1. The summed E-state index contributed by atoms with van der Waals surface area (Å²) in [5.41, 5.74) is 0. The molecule has 0 unspecified atom stereocenters. The molecule has 1 aliphatic rings. The Morgan fingerprint density at radius 2 is 2.00 bits per heavy atom. The molecule has 1 aliphatic heterocycles. The fourth-order valence-electron chi connectivity index (χ4n) is 2.09. The van der Waals surface area contributed by atoms with Gasteiger partial charge in [0.2, 0.25) is 5.91 Å². The van der Waals surface area contributed by atoms with Crippen LogP contribution in [0.1, 0.15) is 26.7 Å². The van der Waals surface area contributed by atoms with Crippen LogP contribution >= 0.6 is 12.4 Å². The van der Waals surface area contributed by atoms with Crippen molar-refractivity contribution in [2.45, 2.75) is 32.7 Å². The number of carbonyl (C=O) groups excluding carboxylic acids is 1. The summed E-state index contributed by atoms with van der Waals surface area (Å²) in [5.74, 6) is 0.488. The van der Waals surface area contributed by atoms with Crippen molar-refractivity contribution < 1.29 is 9.53 Å². The molecule has 0 radical (unpaired) electrons. The van der Waals surface area contributed by atoms with Crippen molar-refractivity contribution in [3.63, 3.8) is 0 Å². The van der Waals surface area contributed by atoms with Crippen LogP contribution in [-0.2, 0) is 9.53 Å². The molecule has 0 saturated carbocycles. The minimum Gasteiger partial charge on any atom is -0.383 e. The molecule has 0 aliphatic carbocycles. The Hall–Kier alpha value is -0.320. The number of amides is 1. The van der Waals surface area contributed by atoms with Gasteiger partial charge >= 0.3 is 0 Å². The van der Waals surface area contributed by atoms with Crippen molar-refractivity contribution in [3.05, 3.63) is 0 Å². The molecule has 4 nitrogen and oxygen atoms in total. The summed E-state index contributed by atoms with van der Waals surface area (Å²) < 4.78 is 5.08. The zero-order chi connectivity index (χ0) is 12.0. The first kappa shape index (κ1) is 16.7. The van der Waals surface area contributed by atoms with E-state index < -0.39 is 0 Å². The Morgan fingerprint density at radius 3 is 2.35 bits per heavy atom. The van der Waals surface area contributed by atoms with Crippen LogP contribution in [0.25, 0.3) is 0 Å². The maximum Gasteiger partial charge on any atom is 0.228 e. The minimum absolute atomic E-state index is 0. The van der Waals surface area contributed by atoms with Gasteiger partial charge in [0.25, 0.3) is 0 Å². The van der Waals surface area contributed by atoms with E-state index in [2.05, 4.69) is 19.2 Å². The van der Waals surface area contributed by atoms with Crippen molar-refractivity contribution in [2.24, 2.45) is 5.92 Å². The Labute approximate surface area is 110 Å². The number of methoxy groups -OCH3 is 1. The second-order valence-electron chi connectivity index (χ2n) is 4.35. The number of hydrogen-bond donors (Lipinski definition) is 1. The highest BCUT2D eigenvalue weighted by Gasteiger charge is 2.31. The zero-order valence-electron chi connectivity index (χ0n) is 11.1. The summed E-state index contributed by atoms with van der Waals surface area (Å²) in [6, 6.07) is 0.364. The van der Waals surface area contributed by atoms with Gasteiger partial charge in [0, 0.05) is 32.8 Å². The van der Waals surface area contributed by atoms with Crippen LogP contribution in [0.4, 0.5) is 0 Å². The summed E-state index contributed by atoms with van der Waals surface area (Å²) in [4.78, 5) is 14.2. The fraction of sp³-hybridized carbons (Fsp3) is 0.917. The number of hydrogen-bond acceptors (Lipinski definition) is 3. The van der Waals surface area contributed by atoms with Crippen LogP contribution < -0.4 is 5.32 Å². The molecule has 0 bridgehead atoms. The monoisotopic (exact) mass is 264 g/mol. The second kappa shape index (κ2) is 8.72. The van der Waals surface area contributed by atoms with Gasteiger partial charge in [-0.1, -0.05) is 13.8 Å². The van der Waals surface area contributed by atoms with Crippen molar-refractivity contribution in [2.75, 3.05) is 33.4 Å². The van der Waals surface area contributed by atoms with Gasteiger partial charge in [-0.15, -0.1) is 12.4 Å². The molecule has 0 aromatic carbocycles. The van der Waals surface area contributed by atoms with Crippen LogP contribution in [0.15, 0.2) is 0 Å².